The quantitative estimate of drug-likeness (QED) is 0.834. The lowest BCUT2D eigenvalue weighted by Gasteiger charge is -2.03. The van der Waals surface area contributed by atoms with Crippen LogP contribution in [0.15, 0.2) is 36.4 Å². The molecule has 4 nitrogen and oxygen atoms in total. The van der Waals surface area contributed by atoms with Crippen molar-refractivity contribution in [3.05, 3.63) is 42.2 Å². The minimum Gasteiger partial charge on any atom is -0.352 e. The molecule has 0 saturated heterocycles. The molecule has 0 radical (unpaired) electrons. The molecule has 0 bridgehead atoms. The van der Waals surface area contributed by atoms with E-state index in [0.29, 0.717) is 13.0 Å². The monoisotopic (exact) mass is 261 g/mol. The Labute approximate surface area is 110 Å². The molecule has 0 unspecified atom stereocenters. The molecule has 0 spiro atoms. The van der Waals surface area contributed by atoms with Crippen molar-refractivity contribution in [1.82, 2.24) is 14.9 Å². The summed E-state index contributed by atoms with van der Waals surface area (Å²) < 4.78 is 13.8. The number of aromatic nitrogens is 2. The summed E-state index contributed by atoms with van der Waals surface area (Å²) in [6.07, 6.45) is 3.03. The number of benzene rings is 1. The first-order valence-corrected chi connectivity index (χ1v) is 6.13. The van der Waals surface area contributed by atoms with E-state index in [0.717, 1.165) is 16.9 Å². The summed E-state index contributed by atoms with van der Waals surface area (Å²) >= 11 is 0. The van der Waals surface area contributed by atoms with Crippen molar-refractivity contribution in [1.29, 1.82) is 0 Å². The van der Waals surface area contributed by atoms with Gasteiger partial charge in [-0.05, 0) is 18.2 Å². The first kappa shape index (κ1) is 13.3. The molecule has 0 aliphatic carbocycles. The molecule has 1 N–H and O–H groups in total. The van der Waals surface area contributed by atoms with Crippen LogP contribution in [-0.4, -0.2) is 28.7 Å². The highest BCUT2D eigenvalue weighted by atomic mass is 19.1. The molecule has 19 heavy (non-hydrogen) atoms. The minimum atomic E-state index is -0.627. The van der Waals surface area contributed by atoms with Gasteiger partial charge in [0.1, 0.15) is 12.5 Å². The lowest BCUT2D eigenvalue weighted by atomic mass is 10.3. The van der Waals surface area contributed by atoms with Crippen molar-refractivity contribution in [3.8, 4) is 0 Å². The van der Waals surface area contributed by atoms with E-state index < -0.39 is 6.67 Å². The van der Waals surface area contributed by atoms with Gasteiger partial charge < -0.3 is 9.88 Å². The van der Waals surface area contributed by atoms with E-state index in [-0.39, 0.29) is 5.91 Å². The Balaban J connectivity index is 1.97. The van der Waals surface area contributed by atoms with Crippen LogP contribution in [0.4, 0.5) is 4.39 Å². The summed E-state index contributed by atoms with van der Waals surface area (Å²) in [5.74, 6) is 0.632. The fraction of sp³-hybridized carbons (Fsp3) is 0.286. The Morgan fingerprint density at radius 3 is 3.00 bits per heavy atom. The van der Waals surface area contributed by atoms with Gasteiger partial charge in [0.15, 0.2) is 0 Å². The minimum absolute atomic E-state index is 0.281. The van der Waals surface area contributed by atoms with Gasteiger partial charge in [-0.25, -0.2) is 9.37 Å². The number of amides is 1. The van der Waals surface area contributed by atoms with E-state index in [1.807, 2.05) is 35.9 Å². The lowest BCUT2D eigenvalue weighted by Crippen LogP contribution is -2.24. The maximum Gasteiger partial charge on any atom is 0.243 e. The van der Waals surface area contributed by atoms with Gasteiger partial charge in [0, 0.05) is 26.1 Å². The maximum atomic E-state index is 11.8. The van der Waals surface area contributed by atoms with Crippen LogP contribution >= 0.6 is 0 Å². The van der Waals surface area contributed by atoms with E-state index in [9.17, 15) is 9.18 Å². The Morgan fingerprint density at radius 1 is 1.47 bits per heavy atom. The molecule has 1 aromatic heterocycles. The molecule has 2 aromatic rings. The Hall–Kier alpha value is -2.17. The molecule has 1 amide bonds. The van der Waals surface area contributed by atoms with Crippen molar-refractivity contribution < 1.29 is 9.18 Å². The van der Waals surface area contributed by atoms with E-state index in [1.54, 1.807) is 0 Å². The third-order valence-corrected chi connectivity index (χ3v) is 2.89. The number of para-hydroxylation sites is 2. The average molecular weight is 261 g/mol. The van der Waals surface area contributed by atoms with Crippen LogP contribution in [0.2, 0.25) is 0 Å². The van der Waals surface area contributed by atoms with Gasteiger partial charge in [-0.3, -0.25) is 4.79 Å². The van der Waals surface area contributed by atoms with Crippen molar-refractivity contribution in [2.75, 3.05) is 13.2 Å². The molecule has 0 atom stereocenters. The van der Waals surface area contributed by atoms with Gasteiger partial charge in [-0.1, -0.05) is 12.1 Å². The first-order chi connectivity index (χ1) is 9.22. The van der Waals surface area contributed by atoms with Crippen LogP contribution in [-0.2, 0) is 18.3 Å². The third kappa shape index (κ3) is 3.19. The summed E-state index contributed by atoms with van der Waals surface area (Å²) in [5.41, 5.74) is 2.02. The highest BCUT2D eigenvalue weighted by Gasteiger charge is 2.06. The number of alkyl halides is 1. The number of hydrogen-bond acceptors (Lipinski definition) is 2. The van der Waals surface area contributed by atoms with Crippen molar-refractivity contribution in [2.24, 2.45) is 7.05 Å². The van der Waals surface area contributed by atoms with Crippen LogP contribution in [0.25, 0.3) is 11.0 Å². The fourth-order valence-electron chi connectivity index (χ4n) is 1.93. The summed E-state index contributed by atoms with van der Waals surface area (Å²) in [5, 5.41) is 2.69. The number of fused-ring (bicyclic) bond motifs is 1. The van der Waals surface area contributed by atoms with Gasteiger partial charge in [0.25, 0.3) is 0 Å². The topological polar surface area (TPSA) is 46.9 Å². The Kier molecular flexibility index (Phi) is 4.28. The molecular formula is C14H16FN3O. The molecule has 1 aromatic carbocycles. The number of carbonyl (C=O) groups excluding carboxylic acids is 1. The van der Waals surface area contributed by atoms with Crippen LogP contribution < -0.4 is 5.32 Å². The number of nitrogens with zero attached hydrogens (tertiary/aromatic N) is 2. The van der Waals surface area contributed by atoms with Gasteiger partial charge in [0.2, 0.25) is 5.91 Å². The normalized spacial score (nSPS) is 11.3. The molecule has 0 aliphatic rings. The van der Waals surface area contributed by atoms with Crippen molar-refractivity contribution in [2.45, 2.75) is 6.42 Å². The zero-order valence-electron chi connectivity index (χ0n) is 10.8. The third-order valence-electron chi connectivity index (χ3n) is 2.89. The number of hydrogen-bond donors (Lipinski definition) is 1. The number of rotatable bonds is 5. The average Bonchev–Trinajstić information content (AvgIpc) is 2.74. The number of imidazole rings is 1. The number of allylic oxidation sites excluding steroid dienone is 1. The predicted molar refractivity (Wildman–Crippen MR) is 72.5 cm³/mol. The highest BCUT2D eigenvalue weighted by molar-refractivity contribution is 5.87. The molecular weight excluding hydrogens is 245 g/mol. The summed E-state index contributed by atoms with van der Waals surface area (Å²) in [7, 11) is 1.95. The SMILES string of the molecule is Cn1c(CCNC(=O)/C=C/CF)nc2ccccc21. The zero-order chi connectivity index (χ0) is 13.7. The maximum absolute atomic E-state index is 11.8. The van der Waals surface area contributed by atoms with Gasteiger partial charge in [-0.2, -0.15) is 0 Å². The number of carbonyl (C=O) groups is 1. The molecule has 0 saturated carbocycles. The van der Waals surface area contributed by atoms with Crippen molar-refractivity contribution in [3.63, 3.8) is 0 Å². The van der Waals surface area contributed by atoms with Crippen LogP contribution in [0.1, 0.15) is 5.82 Å². The Bertz CT molecular complexity index is 604. The van der Waals surface area contributed by atoms with E-state index in [2.05, 4.69) is 10.3 Å². The smallest absolute Gasteiger partial charge is 0.243 e. The number of halogens is 1. The largest absolute Gasteiger partial charge is 0.352 e. The first-order valence-electron chi connectivity index (χ1n) is 6.13. The van der Waals surface area contributed by atoms with Crippen LogP contribution in [0, 0.1) is 0 Å². The lowest BCUT2D eigenvalue weighted by molar-refractivity contribution is -0.116. The molecule has 5 heteroatoms. The predicted octanol–water partition coefficient (Wildman–Crippen LogP) is 1.76. The number of nitrogens with one attached hydrogen (secondary N) is 1. The van der Waals surface area contributed by atoms with E-state index in [4.69, 9.17) is 0 Å². The second-order valence-corrected chi connectivity index (χ2v) is 4.17. The summed E-state index contributed by atoms with van der Waals surface area (Å²) in [6.45, 7) is -0.148. The second-order valence-electron chi connectivity index (χ2n) is 4.17. The highest BCUT2D eigenvalue weighted by Crippen LogP contribution is 2.14. The molecule has 0 fully saturated rings. The fourth-order valence-corrected chi connectivity index (χ4v) is 1.93. The van der Waals surface area contributed by atoms with Gasteiger partial charge in [-0.15, -0.1) is 0 Å². The molecule has 2 rings (SSSR count). The van der Waals surface area contributed by atoms with E-state index in [1.165, 1.54) is 12.2 Å². The second kappa shape index (κ2) is 6.13. The number of aryl methyl sites for hydroxylation is 1. The molecule has 0 aliphatic heterocycles. The van der Waals surface area contributed by atoms with Gasteiger partial charge in [0.05, 0.1) is 11.0 Å². The van der Waals surface area contributed by atoms with Crippen LogP contribution in [0.3, 0.4) is 0 Å². The molecule has 100 valence electrons. The van der Waals surface area contributed by atoms with Crippen LogP contribution in [0.5, 0.6) is 0 Å². The molecule has 1 heterocycles. The van der Waals surface area contributed by atoms with Crippen molar-refractivity contribution >= 4 is 16.9 Å². The zero-order valence-corrected chi connectivity index (χ0v) is 10.8. The van der Waals surface area contributed by atoms with Gasteiger partial charge >= 0.3 is 0 Å². The standard InChI is InChI=1S/C14H16FN3O/c1-18-12-6-3-2-5-11(12)17-13(18)8-10-16-14(19)7-4-9-15/h2-7H,8-10H2,1H3,(H,16,19)/b7-4+. The summed E-state index contributed by atoms with van der Waals surface area (Å²) in [4.78, 5) is 15.8. The Morgan fingerprint density at radius 2 is 2.26 bits per heavy atom. The van der Waals surface area contributed by atoms with E-state index >= 15 is 0 Å². The summed E-state index contributed by atoms with van der Waals surface area (Å²) in [6, 6.07) is 7.88.